The SMILES string of the molecule is CC(C)Nc1nc2c(nc1N1CCC(C(F)c3ccc(F)cc3F)CC1)CCN(Cc1ccccc1)C2.O=C(O)C(F)(F)F. The normalized spacial score (nSPS) is 16.6. The number of carboxylic acid groups (broad SMARTS) is 1. The van der Waals surface area contributed by atoms with Gasteiger partial charge in [-0.15, -0.1) is 0 Å². The average Bonchev–Trinajstić information content (AvgIpc) is 2.97. The minimum absolute atomic E-state index is 0.0596. The highest BCUT2D eigenvalue weighted by Gasteiger charge is 2.38. The number of anilines is 2. The van der Waals surface area contributed by atoms with E-state index in [2.05, 4.69) is 53.2 Å². The van der Waals surface area contributed by atoms with E-state index < -0.39 is 30.0 Å². The number of nitrogens with zero attached hydrogens (tertiary/aromatic N) is 4. The number of alkyl halides is 4. The maximum absolute atomic E-state index is 15.2. The zero-order valence-electron chi connectivity index (χ0n) is 24.4. The molecule has 238 valence electrons. The Labute approximate surface area is 251 Å². The van der Waals surface area contributed by atoms with Gasteiger partial charge in [-0.3, -0.25) is 4.90 Å². The quantitative estimate of drug-likeness (QED) is 0.284. The minimum Gasteiger partial charge on any atom is -0.475 e. The average molecular weight is 624 g/mol. The van der Waals surface area contributed by atoms with Crippen molar-refractivity contribution in [2.45, 2.75) is 64.6 Å². The van der Waals surface area contributed by atoms with E-state index in [1.54, 1.807) is 0 Å². The number of carboxylic acids is 1. The number of benzene rings is 2. The molecule has 0 aliphatic carbocycles. The summed E-state index contributed by atoms with van der Waals surface area (Å²) in [6, 6.07) is 13.7. The molecule has 2 N–H and O–H groups in total. The van der Waals surface area contributed by atoms with Gasteiger partial charge in [0.05, 0.1) is 11.4 Å². The van der Waals surface area contributed by atoms with Crippen molar-refractivity contribution in [1.82, 2.24) is 14.9 Å². The lowest BCUT2D eigenvalue weighted by molar-refractivity contribution is -0.192. The van der Waals surface area contributed by atoms with Crippen molar-refractivity contribution < 1.29 is 36.2 Å². The van der Waals surface area contributed by atoms with Gasteiger partial charge in [0.25, 0.3) is 0 Å². The first kappa shape index (κ1) is 33.0. The number of aromatic nitrogens is 2. The Bertz CT molecular complexity index is 1410. The summed E-state index contributed by atoms with van der Waals surface area (Å²) in [6.45, 7) is 7.90. The van der Waals surface area contributed by atoms with Crippen molar-refractivity contribution in [1.29, 1.82) is 0 Å². The van der Waals surface area contributed by atoms with Crippen molar-refractivity contribution >= 4 is 17.6 Å². The van der Waals surface area contributed by atoms with Crippen LogP contribution in [0.25, 0.3) is 0 Å². The van der Waals surface area contributed by atoms with Gasteiger partial charge in [-0.2, -0.15) is 13.2 Å². The van der Waals surface area contributed by atoms with E-state index in [0.29, 0.717) is 25.9 Å². The molecular weight excluding hydrogens is 588 g/mol. The van der Waals surface area contributed by atoms with Crippen LogP contribution >= 0.6 is 0 Å². The van der Waals surface area contributed by atoms with Gasteiger partial charge in [-0.25, -0.2) is 27.9 Å². The highest BCUT2D eigenvalue weighted by atomic mass is 19.4. The first-order chi connectivity index (χ1) is 20.8. The van der Waals surface area contributed by atoms with Crippen molar-refractivity contribution in [3.05, 3.63) is 82.7 Å². The lowest BCUT2D eigenvalue weighted by atomic mass is 9.88. The summed E-state index contributed by atoms with van der Waals surface area (Å²) >= 11 is 0. The number of piperidine rings is 1. The van der Waals surface area contributed by atoms with Crippen LogP contribution in [0.4, 0.5) is 38.0 Å². The van der Waals surface area contributed by atoms with Gasteiger partial charge in [0.15, 0.2) is 11.6 Å². The molecule has 1 atom stereocenters. The second-order valence-corrected chi connectivity index (χ2v) is 11.2. The molecule has 2 aliphatic heterocycles. The molecule has 3 heterocycles. The van der Waals surface area contributed by atoms with E-state index >= 15 is 4.39 Å². The second-order valence-electron chi connectivity index (χ2n) is 11.2. The third-order valence-corrected chi connectivity index (χ3v) is 7.50. The van der Waals surface area contributed by atoms with Gasteiger partial charge in [0.1, 0.15) is 17.8 Å². The van der Waals surface area contributed by atoms with Crippen LogP contribution < -0.4 is 10.2 Å². The lowest BCUT2D eigenvalue weighted by Crippen LogP contribution is -2.38. The number of aliphatic carboxylic acids is 1. The zero-order chi connectivity index (χ0) is 32.0. The number of hydrogen-bond acceptors (Lipinski definition) is 6. The van der Waals surface area contributed by atoms with E-state index in [-0.39, 0.29) is 17.5 Å². The van der Waals surface area contributed by atoms with Gasteiger partial charge >= 0.3 is 12.1 Å². The number of rotatable bonds is 7. The maximum atomic E-state index is 15.2. The summed E-state index contributed by atoms with van der Waals surface area (Å²) in [6.07, 6.45) is -4.59. The number of hydrogen-bond donors (Lipinski definition) is 2. The summed E-state index contributed by atoms with van der Waals surface area (Å²) in [7, 11) is 0. The van der Waals surface area contributed by atoms with E-state index in [0.717, 1.165) is 61.2 Å². The molecule has 2 aliphatic rings. The zero-order valence-corrected chi connectivity index (χ0v) is 24.4. The Hall–Kier alpha value is -3.87. The Morgan fingerprint density at radius 2 is 1.68 bits per heavy atom. The summed E-state index contributed by atoms with van der Waals surface area (Å²) in [5.41, 5.74) is 3.24. The largest absolute Gasteiger partial charge is 0.490 e. The third-order valence-electron chi connectivity index (χ3n) is 7.50. The Balaban J connectivity index is 0.000000566. The Morgan fingerprint density at radius 3 is 2.27 bits per heavy atom. The molecule has 1 fully saturated rings. The highest BCUT2D eigenvalue weighted by Crippen LogP contribution is 2.37. The van der Waals surface area contributed by atoms with Gasteiger partial charge in [-0.05, 0) is 44.2 Å². The number of carbonyl (C=O) groups is 1. The monoisotopic (exact) mass is 623 g/mol. The third kappa shape index (κ3) is 8.61. The Kier molecular flexibility index (Phi) is 10.7. The van der Waals surface area contributed by atoms with Crippen molar-refractivity contribution in [3.8, 4) is 0 Å². The molecule has 0 amide bonds. The number of nitrogens with one attached hydrogen (secondary N) is 1. The summed E-state index contributed by atoms with van der Waals surface area (Å²) in [5.74, 6) is -3.02. The van der Waals surface area contributed by atoms with Crippen LogP contribution in [-0.4, -0.2) is 57.8 Å². The van der Waals surface area contributed by atoms with Gasteiger partial charge < -0.3 is 15.3 Å². The van der Waals surface area contributed by atoms with Gasteiger partial charge in [0.2, 0.25) is 0 Å². The first-order valence-corrected chi connectivity index (χ1v) is 14.4. The fraction of sp³-hybridized carbons (Fsp3) is 0.452. The van der Waals surface area contributed by atoms with E-state index in [9.17, 15) is 22.0 Å². The fourth-order valence-corrected chi connectivity index (χ4v) is 5.33. The molecule has 1 unspecified atom stereocenters. The van der Waals surface area contributed by atoms with Crippen molar-refractivity contribution in [2.24, 2.45) is 5.92 Å². The number of halogens is 6. The van der Waals surface area contributed by atoms with Crippen LogP contribution in [0, 0.1) is 17.6 Å². The molecule has 1 saturated heterocycles. The van der Waals surface area contributed by atoms with E-state index in [4.69, 9.17) is 19.9 Å². The van der Waals surface area contributed by atoms with Gasteiger partial charge in [0, 0.05) is 56.8 Å². The molecule has 2 aromatic carbocycles. The standard InChI is InChI=1S/C29H34F3N5.C2HF3O2/c1-19(2)33-28-29(35-25-12-13-36(18-26(25)34-28)17-20-6-4-3-5-7-20)37-14-10-21(11-15-37)27(32)23-9-8-22(30)16-24(23)31;3-2(4,5)1(6)7/h3-9,16,19,21,27H,10-15,17-18H2,1-2H3,(H,33,34);(H,6,7). The van der Waals surface area contributed by atoms with Crippen LogP contribution in [-0.2, 0) is 24.3 Å². The molecular formula is C31H35F6N5O2. The molecule has 5 rings (SSSR count). The molecule has 0 bridgehead atoms. The summed E-state index contributed by atoms with van der Waals surface area (Å²) < 4.78 is 74.4. The molecule has 13 heteroatoms. The molecule has 3 aromatic rings. The van der Waals surface area contributed by atoms with E-state index in [1.165, 1.54) is 11.6 Å². The van der Waals surface area contributed by atoms with Crippen LogP contribution in [0.5, 0.6) is 0 Å². The van der Waals surface area contributed by atoms with Crippen LogP contribution in [0.1, 0.15) is 55.4 Å². The molecule has 1 aromatic heterocycles. The van der Waals surface area contributed by atoms with Crippen LogP contribution in [0.3, 0.4) is 0 Å². The van der Waals surface area contributed by atoms with Gasteiger partial charge in [-0.1, -0.05) is 36.4 Å². The van der Waals surface area contributed by atoms with Crippen molar-refractivity contribution in [3.63, 3.8) is 0 Å². The van der Waals surface area contributed by atoms with Crippen LogP contribution in [0.15, 0.2) is 48.5 Å². The molecule has 0 radical (unpaired) electrons. The van der Waals surface area contributed by atoms with E-state index in [1.807, 2.05) is 6.07 Å². The summed E-state index contributed by atoms with van der Waals surface area (Å²) in [4.78, 5) is 23.5. The second kappa shape index (κ2) is 14.3. The molecule has 7 nitrogen and oxygen atoms in total. The fourth-order valence-electron chi connectivity index (χ4n) is 5.33. The number of fused-ring (bicyclic) bond motifs is 1. The highest BCUT2D eigenvalue weighted by molar-refractivity contribution is 5.73. The minimum atomic E-state index is -5.08. The summed E-state index contributed by atoms with van der Waals surface area (Å²) in [5, 5.41) is 10.6. The predicted molar refractivity (Wildman–Crippen MR) is 154 cm³/mol. The smallest absolute Gasteiger partial charge is 0.475 e. The molecule has 0 spiro atoms. The first-order valence-electron chi connectivity index (χ1n) is 14.4. The molecule has 44 heavy (non-hydrogen) atoms. The molecule has 0 saturated carbocycles. The lowest BCUT2D eigenvalue weighted by Gasteiger charge is -2.36. The maximum Gasteiger partial charge on any atom is 0.490 e. The van der Waals surface area contributed by atoms with Crippen LogP contribution in [0.2, 0.25) is 0 Å². The van der Waals surface area contributed by atoms with Crippen molar-refractivity contribution in [2.75, 3.05) is 29.9 Å². The topological polar surface area (TPSA) is 81.6 Å². The Morgan fingerprint density at radius 1 is 1.02 bits per heavy atom. The predicted octanol–water partition coefficient (Wildman–Crippen LogP) is 6.69.